The van der Waals surface area contributed by atoms with Gasteiger partial charge in [-0.2, -0.15) is 0 Å². The van der Waals surface area contributed by atoms with Gasteiger partial charge in [0.2, 0.25) is 0 Å². The van der Waals surface area contributed by atoms with E-state index in [0.29, 0.717) is 0 Å². The molecule has 118 valence electrons. The summed E-state index contributed by atoms with van der Waals surface area (Å²) in [5.41, 5.74) is 3.98. The molecule has 4 heteroatoms. The molecule has 1 aliphatic heterocycles. The van der Waals surface area contributed by atoms with Gasteiger partial charge in [0.05, 0.1) is 0 Å². The summed E-state index contributed by atoms with van der Waals surface area (Å²) in [4.78, 5) is 14.8. The maximum absolute atomic E-state index is 4.81. The van der Waals surface area contributed by atoms with Crippen molar-refractivity contribution < 1.29 is 0 Å². The van der Waals surface area contributed by atoms with Crippen LogP contribution in [0.3, 0.4) is 0 Å². The molecule has 2 aromatic rings. The van der Waals surface area contributed by atoms with E-state index in [0.717, 1.165) is 31.9 Å². The molecule has 22 heavy (non-hydrogen) atoms. The Bertz CT molecular complexity index is 663. The van der Waals surface area contributed by atoms with E-state index in [4.69, 9.17) is 4.98 Å². The molecule has 0 unspecified atom stereocenters. The fourth-order valence-corrected chi connectivity index (χ4v) is 3.91. The van der Waals surface area contributed by atoms with Crippen molar-refractivity contribution in [3.8, 4) is 0 Å². The Hall–Kier alpha value is -1.26. The average Bonchev–Trinajstić information content (AvgIpc) is 2.75. The highest BCUT2D eigenvalue weighted by Crippen LogP contribution is 2.26. The first-order chi connectivity index (χ1) is 10.3. The van der Waals surface area contributed by atoms with Gasteiger partial charge >= 0.3 is 0 Å². The van der Waals surface area contributed by atoms with E-state index < -0.39 is 0 Å². The molecule has 0 atom stereocenters. The minimum absolute atomic E-state index is 0.0260. The maximum Gasteiger partial charge on any atom is 0.133 e. The Labute approximate surface area is 137 Å². The van der Waals surface area contributed by atoms with Gasteiger partial charge in [-0.1, -0.05) is 20.8 Å². The Kier molecular flexibility index (Phi) is 4.08. The van der Waals surface area contributed by atoms with Gasteiger partial charge in [-0.05, 0) is 25.5 Å². The topological polar surface area (TPSA) is 29.0 Å². The van der Waals surface area contributed by atoms with Crippen molar-refractivity contribution in [2.24, 2.45) is 0 Å². The monoisotopic (exact) mass is 315 g/mol. The molecule has 0 radical (unpaired) electrons. The summed E-state index contributed by atoms with van der Waals surface area (Å²) < 4.78 is 0. The number of fused-ring (bicyclic) bond motifs is 1. The quantitative estimate of drug-likeness (QED) is 0.838. The van der Waals surface area contributed by atoms with Crippen molar-refractivity contribution in [3.05, 3.63) is 44.7 Å². The maximum atomic E-state index is 4.81. The molecular weight excluding hydrogens is 290 g/mol. The Morgan fingerprint density at radius 3 is 2.68 bits per heavy atom. The molecular formula is C18H25N3S. The number of aromatic nitrogens is 2. The lowest BCUT2D eigenvalue weighted by atomic mass is 9.95. The largest absolute Gasteiger partial charge is 0.293 e. The standard InChI is InChI=1S/C18H25N3S/c1-12-8-15(22-13(12)2)11-21-7-6-16-14(10-21)9-19-17(20-16)18(3,4)5/h8-9H,6-7,10-11H2,1-5H3. The molecule has 0 aliphatic carbocycles. The van der Waals surface area contributed by atoms with E-state index in [1.165, 1.54) is 26.6 Å². The van der Waals surface area contributed by atoms with E-state index in [9.17, 15) is 0 Å². The summed E-state index contributed by atoms with van der Waals surface area (Å²) in [6.07, 6.45) is 3.07. The Morgan fingerprint density at radius 1 is 1.27 bits per heavy atom. The molecule has 3 nitrogen and oxygen atoms in total. The fraction of sp³-hybridized carbons (Fsp3) is 0.556. The smallest absolute Gasteiger partial charge is 0.133 e. The molecule has 3 rings (SSSR count). The molecule has 3 heterocycles. The zero-order valence-corrected chi connectivity index (χ0v) is 15.0. The first kappa shape index (κ1) is 15.6. The van der Waals surface area contributed by atoms with Crippen LogP contribution in [-0.4, -0.2) is 21.4 Å². The second kappa shape index (κ2) is 5.74. The lowest BCUT2D eigenvalue weighted by Gasteiger charge is -2.28. The van der Waals surface area contributed by atoms with Crippen LogP contribution in [0.25, 0.3) is 0 Å². The van der Waals surface area contributed by atoms with Crippen LogP contribution in [-0.2, 0) is 24.9 Å². The Balaban J connectivity index is 1.74. The number of rotatable bonds is 2. The van der Waals surface area contributed by atoms with Gasteiger partial charge in [-0.3, -0.25) is 4.90 Å². The van der Waals surface area contributed by atoms with Crippen LogP contribution in [0.2, 0.25) is 0 Å². The highest BCUT2D eigenvalue weighted by atomic mass is 32.1. The van der Waals surface area contributed by atoms with E-state index in [-0.39, 0.29) is 5.41 Å². The molecule has 0 N–H and O–H groups in total. The predicted molar refractivity (Wildman–Crippen MR) is 92.3 cm³/mol. The predicted octanol–water partition coefficient (Wildman–Crippen LogP) is 4.01. The summed E-state index contributed by atoms with van der Waals surface area (Å²) in [6.45, 7) is 14.0. The Morgan fingerprint density at radius 2 is 2.05 bits per heavy atom. The SMILES string of the molecule is Cc1cc(CN2CCc3nc(C(C)(C)C)ncc3C2)sc1C. The van der Waals surface area contributed by atoms with Crippen molar-refractivity contribution in [1.82, 2.24) is 14.9 Å². The lowest BCUT2D eigenvalue weighted by Crippen LogP contribution is -2.31. The minimum Gasteiger partial charge on any atom is -0.293 e. The van der Waals surface area contributed by atoms with Crippen LogP contribution >= 0.6 is 11.3 Å². The van der Waals surface area contributed by atoms with E-state index in [2.05, 4.69) is 50.6 Å². The van der Waals surface area contributed by atoms with Crippen LogP contribution in [0.15, 0.2) is 12.3 Å². The average molecular weight is 315 g/mol. The molecule has 0 aromatic carbocycles. The highest BCUT2D eigenvalue weighted by molar-refractivity contribution is 7.12. The number of aryl methyl sites for hydroxylation is 2. The normalized spacial score (nSPS) is 15.9. The van der Waals surface area contributed by atoms with Crippen molar-refractivity contribution in [1.29, 1.82) is 0 Å². The molecule has 0 spiro atoms. The number of hydrogen-bond donors (Lipinski definition) is 0. The second-order valence-corrected chi connectivity index (χ2v) is 8.67. The van der Waals surface area contributed by atoms with Crippen LogP contribution in [0, 0.1) is 13.8 Å². The van der Waals surface area contributed by atoms with Crippen LogP contribution in [0.5, 0.6) is 0 Å². The van der Waals surface area contributed by atoms with Gasteiger partial charge < -0.3 is 0 Å². The molecule has 0 saturated heterocycles. The number of nitrogens with zero attached hydrogens (tertiary/aromatic N) is 3. The summed E-state index contributed by atoms with van der Waals surface area (Å²) >= 11 is 1.92. The summed E-state index contributed by atoms with van der Waals surface area (Å²) in [7, 11) is 0. The summed E-state index contributed by atoms with van der Waals surface area (Å²) in [6, 6.07) is 2.33. The van der Waals surface area contributed by atoms with E-state index in [1.807, 2.05) is 17.5 Å². The molecule has 0 saturated carbocycles. The second-order valence-electron chi connectivity index (χ2n) is 7.33. The third-order valence-corrected chi connectivity index (χ3v) is 5.42. The van der Waals surface area contributed by atoms with Crippen LogP contribution in [0.1, 0.15) is 53.2 Å². The van der Waals surface area contributed by atoms with Crippen molar-refractivity contribution in [3.63, 3.8) is 0 Å². The van der Waals surface area contributed by atoms with Crippen molar-refractivity contribution in [2.45, 2.75) is 59.5 Å². The van der Waals surface area contributed by atoms with Gasteiger partial charge in [0.1, 0.15) is 5.82 Å². The highest BCUT2D eigenvalue weighted by Gasteiger charge is 2.23. The van der Waals surface area contributed by atoms with E-state index in [1.54, 1.807) is 0 Å². The molecule has 0 amide bonds. The number of thiophene rings is 1. The summed E-state index contributed by atoms with van der Waals surface area (Å²) in [5.74, 6) is 0.962. The first-order valence-corrected chi connectivity index (χ1v) is 8.78. The number of hydrogen-bond acceptors (Lipinski definition) is 4. The van der Waals surface area contributed by atoms with Gasteiger partial charge in [-0.15, -0.1) is 11.3 Å². The van der Waals surface area contributed by atoms with Gasteiger partial charge in [0.15, 0.2) is 0 Å². The van der Waals surface area contributed by atoms with Crippen LogP contribution < -0.4 is 0 Å². The first-order valence-electron chi connectivity index (χ1n) is 7.96. The molecule has 0 bridgehead atoms. The van der Waals surface area contributed by atoms with Gasteiger partial charge in [0.25, 0.3) is 0 Å². The molecule has 0 fully saturated rings. The lowest BCUT2D eigenvalue weighted by molar-refractivity contribution is 0.244. The third-order valence-electron chi connectivity index (χ3n) is 4.28. The van der Waals surface area contributed by atoms with Crippen molar-refractivity contribution >= 4 is 11.3 Å². The summed E-state index contributed by atoms with van der Waals surface area (Å²) in [5, 5.41) is 0. The van der Waals surface area contributed by atoms with Crippen molar-refractivity contribution in [2.75, 3.05) is 6.54 Å². The van der Waals surface area contributed by atoms with Crippen LogP contribution in [0.4, 0.5) is 0 Å². The zero-order chi connectivity index (χ0) is 15.9. The van der Waals surface area contributed by atoms with E-state index >= 15 is 0 Å². The fourth-order valence-electron chi connectivity index (χ4n) is 2.82. The third kappa shape index (κ3) is 3.23. The van der Waals surface area contributed by atoms with Gasteiger partial charge in [0, 0.05) is 58.7 Å². The van der Waals surface area contributed by atoms with Gasteiger partial charge in [-0.25, -0.2) is 9.97 Å². The zero-order valence-electron chi connectivity index (χ0n) is 14.2. The molecule has 1 aliphatic rings. The molecule has 2 aromatic heterocycles. The minimum atomic E-state index is 0.0260.